The molecule has 1 aromatic carbocycles. The van der Waals surface area contributed by atoms with E-state index in [0.717, 1.165) is 75.7 Å². The highest BCUT2D eigenvalue weighted by Gasteiger charge is 2.22. The van der Waals surface area contributed by atoms with Gasteiger partial charge in [-0.15, -0.1) is 5.10 Å². The van der Waals surface area contributed by atoms with Crippen molar-refractivity contribution in [2.75, 3.05) is 33.4 Å². The highest BCUT2D eigenvalue weighted by Crippen LogP contribution is 2.20. The van der Waals surface area contributed by atoms with Crippen LogP contribution in [0.2, 0.25) is 0 Å². The molecule has 2 aromatic rings. The van der Waals surface area contributed by atoms with Gasteiger partial charge in [-0.05, 0) is 37.0 Å². The normalized spacial score (nSPS) is 17.2. The van der Waals surface area contributed by atoms with Crippen LogP contribution in [0.1, 0.15) is 36.2 Å². The fourth-order valence-corrected chi connectivity index (χ4v) is 4.03. The first-order chi connectivity index (χ1) is 14.2. The molecule has 2 aliphatic rings. The zero-order chi connectivity index (χ0) is 20.1. The van der Waals surface area contributed by atoms with Gasteiger partial charge in [-0.25, -0.2) is 4.68 Å². The third-order valence-electron chi connectivity index (χ3n) is 5.60. The molecular weight excluding hydrogens is 370 g/mol. The number of carbonyl (C=O) groups is 1. The minimum Gasteiger partial charge on any atom is -0.497 e. The minimum atomic E-state index is 0.0698. The van der Waals surface area contributed by atoms with Gasteiger partial charge in [0.15, 0.2) is 0 Å². The van der Waals surface area contributed by atoms with E-state index in [-0.39, 0.29) is 12.5 Å². The highest BCUT2D eigenvalue weighted by molar-refractivity contribution is 5.77. The number of aromatic nitrogens is 3. The molecule has 156 valence electrons. The maximum atomic E-state index is 12.2. The van der Waals surface area contributed by atoms with Crippen LogP contribution < -0.4 is 4.74 Å². The number of ether oxygens (including phenoxy) is 2. The number of amides is 1. The second kappa shape index (κ2) is 9.37. The summed E-state index contributed by atoms with van der Waals surface area (Å²) in [5.41, 5.74) is 3.13. The van der Waals surface area contributed by atoms with Crippen molar-refractivity contribution in [2.24, 2.45) is 0 Å². The Morgan fingerprint density at radius 1 is 1.14 bits per heavy atom. The van der Waals surface area contributed by atoms with Crippen LogP contribution in [-0.2, 0) is 35.8 Å². The van der Waals surface area contributed by atoms with Crippen LogP contribution in [0.5, 0.6) is 5.75 Å². The van der Waals surface area contributed by atoms with Gasteiger partial charge in [0.05, 0.1) is 19.4 Å². The predicted molar refractivity (Wildman–Crippen MR) is 107 cm³/mol. The Morgan fingerprint density at radius 2 is 2.00 bits per heavy atom. The zero-order valence-electron chi connectivity index (χ0n) is 17.0. The Labute approximate surface area is 171 Å². The number of aryl methyl sites for hydroxylation is 1. The van der Waals surface area contributed by atoms with Gasteiger partial charge in [-0.1, -0.05) is 17.3 Å². The molecule has 0 bridgehead atoms. The molecular formula is C21H29N5O3. The first-order valence-electron chi connectivity index (χ1n) is 10.3. The van der Waals surface area contributed by atoms with Crippen molar-refractivity contribution >= 4 is 5.91 Å². The summed E-state index contributed by atoms with van der Waals surface area (Å²) >= 11 is 0. The van der Waals surface area contributed by atoms with E-state index in [4.69, 9.17) is 9.47 Å². The van der Waals surface area contributed by atoms with Gasteiger partial charge in [0, 0.05) is 39.3 Å². The van der Waals surface area contributed by atoms with Crippen molar-refractivity contribution in [1.29, 1.82) is 0 Å². The first kappa shape index (κ1) is 19.8. The fraction of sp³-hybridized carbons (Fsp3) is 0.571. The van der Waals surface area contributed by atoms with Crippen LogP contribution in [0.15, 0.2) is 24.3 Å². The molecule has 0 unspecified atom stereocenters. The number of methoxy groups -OCH3 is 1. The number of fused-ring (bicyclic) bond motifs is 1. The molecule has 0 atom stereocenters. The van der Waals surface area contributed by atoms with E-state index < -0.39 is 0 Å². The molecule has 1 fully saturated rings. The number of carbonyl (C=O) groups excluding carboxylic acids is 1. The molecule has 8 heteroatoms. The molecule has 0 radical (unpaired) electrons. The Morgan fingerprint density at radius 3 is 2.83 bits per heavy atom. The van der Waals surface area contributed by atoms with E-state index in [9.17, 15) is 4.79 Å². The molecule has 4 rings (SSSR count). The van der Waals surface area contributed by atoms with Crippen molar-refractivity contribution in [3.63, 3.8) is 0 Å². The smallest absolute Gasteiger partial charge is 0.248 e. The summed E-state index contributed by atoms with van der Waals surface area (Å²) in [7, 11) is 1.69. The average molecular weight is 399 g/mol. The number of hydrogen-bond acceptors (Lipinski definition) is 6. The largest absolute Gasteiger partial charge is 0.497 e. The second-order valence-electron chi connectivity index (χ2n) is 7.70. The van der Waals surface area contributed by atoms with Crippen LogP contribution in [0.25, 0.3) is 0 Å². The third-order valence-corrected chi connectivity index (χ3v) is 5.60. The van der Waals surface area contributed by atoms with Crippen molar-refractivity contribution in [3.8, 4) is 5.75 Å². The van der Waals surface area contributed by atoms with Crippen molar-refractivity contribution in [2.45, 2.75) is 45.5 Å². The van der Waals surface area contributed by atoms with E-state index >= 15 is 0 Å². The molecule has 0 saturated carbocycles. The number of hydrogen-bond donors (Lipinski definition) is 0. The van der Waals surface area contributed by atoms with E-state index in [1.807, 2.05) is 21.7 Å². The lowest BCUT2D eigenvalue weighted by Gasteiger charge is -2.20. The van der Waals surface area contributed by atoms with Gasteiger partial charge >= 0.3 is 0 Å². The Balaban J connectivity index is 1.36. The lowest BCUT2D eigenvalue weighted by atomic mass is 10.2. The van der Waals surface area contributed by atoms with Crippen molar-refractivity contribution < 1.29 is 14.3 Å². The number of benzene rings is 1. The monoisotopic (exact) mass is 399 g/mol. The van der Waals surface area contributed by atoms with Crippen LogP contribution in [-0.4, -0.2) is 64.1 Å². The van der Waals surface area contributed by atoms with Crippen LogP contribution in [0, 0.1) is 0 Å². The standard InChI is InChI=1S/C21H29N5O3/c1-28-18-7-4-6-17(12-18)13-24-8-5-11-26-20(14-24)19(22-23-26)15-29-16-21(27)25-9-2-3-10-25/h4,6-7,12H,2-3,5,8-11,13-16H2,1H3. The third kappa shape index (κ3) is 4.94. The molecule has 8 nitrogen and oxygen atoms in total. The maximum absolute atomic E-state index is 12.2. The second-order valence-corrected chi connectivity index (χ2v) is 7.70. The van der Waals surface area contributed by atoms with Gasteiger partial charge in [-0.2, -0.15) is 0 Å². The quantitative estimate of drug-likeness (QED) is 0.707. The SMILES string of the molecule is COc1cccc(CN2CCCn3nnc(COCC(=O)N4CCCC4)c3C2)c1. The molecule has 0 aliphatic carbocycles. The average Bonchev–Trinajstić information content (AvgIpc) is 3.35. The van der Waals surface area contributed by atoms with Crippen LogP contribution in [0.3, 0.4) is 0 Å². The number of rotatable bonds is 7. The van der Waals surface area contributed by atoms with Gasteiger partial charge < -0.3 is 14.4 Å². The number of nitrogens with zero attached hydrogens (tertiary/aromatic N) is 5. The van der Waals surface area contributed by atoms with E-state index in [2.05, 4.69) is 27.3 Å². The summed E-state index contributed by atoms with van der Waals surface area (Å²) in [4.78, 5) is 16.4. The summed E-state index contributed by atoms with van der Waals surface area (Å²) < 4.78 is 13.0. The molecule has 1 amide bonds. The summed E-state index contributed by atoms with van der Waals surface area (Å²) in [5, 5.41) is 8.62. The summed E-state index contributed by atoms with van der Waals surface area (Å²) in [6, 6.07) is 8.18. The summed E-state index contributed by atoms with van der Waals surface area (Å²) in [6.07, 6.45) is 3.20. The molecule has 0 spiro atoms. The summed E-state index contributed by atoms with van der Waals surface area (Å²) in [6.45, 7) is 5.59. The van der Waals surface area contributed by atoms with Crippen LogP contribution in [0.4, 0.5) is 0 Å². The van der Waals surface area contributed by atoms with Gasteiger partial charge in [0.2, 0.25) is 5.91 Å². The highest BCUT2D eigenvalue weighted by atomic mass is 16.5. The molecule has 1 aromatic heterocycles. The van der Waals surface area contributed by atoms with E-state index in [0.29, 0.717) is 6.61 Å². The van der Waals surface area contributed by atoms with E-state index in [1.54, 1.807) is 7.11 Å². The zero-order valence-corrected chi connectivity index (χ0v) is 17.0. The van der Waals surface area contributed by atoms with Crippen molar-refractivity contribution in [3.05, 3.63) is 41.2 Å². The lowest BCUT2D eigenvalue weighted by molar-refractivity contribution is -0.135. The number of likely N-dealkylation sites (tertiary alicyclic amines) is 1. The predicted octanol–water partition coefficient (Wildman–Crippen LogP) is 1.83. The molecule has 3 heterocycles. The minimum absolute atomic E-state index is 0.0698. The Hall–Kier alpha value is -2.45. The van der Waals surface area contributed by atoms with Gasteiger partial charge in [-0.3, -0.25) is 9.69 Å². The first-order valence-corrected chi connectivity index (χ1v) is 10.3. The lowest BCUT2D eigenvalue weighted by Crippen LogP contribution is -2.31. The molecule has 2 aliphatic heterocycles. The molecule has 29 heavy (non-hydrogen) atoms. The summed E-state index contributed by atoms with van der Waals surface area (Å²) in [5.74, 6) is 0.946. The Kier molecular flexibility index (Phi) is 6.41. The maximum Gasteiger partial charge on any atom is 0.248 e. The van der Waals surface area contributed by atoms with Gasteiger partial charge in [0.1, 0.15) is 18.1 Å². The van der Waals surface area contributed by atoms with Gasteiger partial charge in [0.25, 0.3) is 0 Å². The topological polar surface area (TPSA) is 72.7 Å². The Bertz CT molecular complexity index is 831. The van der Waals surface area contributed by atoms with Crippen molar-refractivity contribution in [1.82, 2.24) is 24.8 Å². The molecule has 0 N–H and O–H groups in total. The van der Waals surface area contributed by atoms with E-state index in [1.165, 1.54) is 5.56 Å². The fourth-order valence-electron chi connectivity index (χ4n) is 4.03. The van der Waals surface area contributed by atoms with Crippen LogP contribution >= 0.6 is 0 Å². The molecule has 1 saturated heterocycles.